The molecule has 3 rings (SSSR count). The molecule has 3 aromatic rings. The van der Waals surface area contributed by atoms with Gasteiger partial charge < -0.3 is 19.5 Å². The van der Waals surface area contributed by atoms with E-state index in [1.54, 1.807) is 33.1 Å². The lowest BCUT2D eigenvalue weighted by Gasteiger charge is -2.33. The first-order chi connectivity index (χ1) is 15.9. The van der Waals surface area contributed by atoms with Crippen LogP contribution >= 0.6 is 0 Å². The Morgan fingerprint density at radius 2 is 1.61 bits per heavy atom. The predicted octanol–water partition coefficient (Wildman–Crippen LogP) is 6.12. The molecule has 0 saturated carbocycles. The van der Waals surface area contributed by atoms with Crippen LogP contribution in [0, 0.1) is 0 Å². The number of carbonyl (C=O) groups excluding carboxylic acids is 1. The first-order valence-electron chi connectivity index (χ1n) is 11.0. The fourth-order valence-corrected chi connectivity index (χ4v) is 3.88. The van der Waals surface area contributed by atoms with Crippen LogP contribution in [-0.2, 0) is 11.2 Å². The molecule has 0 fully saturated rings. The zero-order valence-electron chi connectivity index (χ0n) is 19.6. The molecule has 0 heterocycles. The van der Waals surface area contributed by atoms with Crippen LogP contribution in [0.3, 0.4) is 0 Å². The second-order valence-electron chi connectivity index (χ2n) is 7.83. The maximum Gasteiger partial charge on any atom is 0.338 e. The Labute approximate surface area is 195 Å². The van der Waals surface area contributed by atoms with Crippen LogP contribution in [0.25, 0.3) is 0 Å². The van der Waals surface area contributed by atoms with Gasteiger partial charge in [0.25, 0.3) is 0 Å². The molecule has 172 valence electrons. The first kappa shape index (κ1) is 23.9. The summed E-state index contributed by atoms with van der Waals surface area (Å²) in [5, 5.41) is 10.7. The fourth-order valence-electron chi connectivity index (χ4n) is 3.88. The van der Waals surface area contributed by atoms with Gasteiger partial charge in [-0.15, -0.1) is 0 Å². The zero-order valence-corrected chi connectivity index (χ0v) is 19.6. The van der Waals surface area contributed by atoms with Gasteiger partial charge in [0.05, 0.1) is 31.1 Å². The van der Waals surface area contributed by atoms with E-state index in [0.717, 1.165) is 28.1 Å². The van der Waals surface area contributed by atoms with Gasteiger partial charge in [0.1, 0.15) is 5.75 Å². The van der Waals surface area contributed by atoms with E-state index in [0.29, 0.717) is 18.6 Å². The number of benzene rings is 3. The van der Waals surface area contributed by atoms with Gasteiger partial charge in [0.2, 0.25) is 0 Å². The summed E-state index contributed by atoms with van der Waals surface area (Å²) in [6, 6.07) is 25.1. The summed E-state index contributed by atoms with van der Waals surface area (Å²) in [6.07, 6.45) is 0.602. The number of hydrogen-bond acceptors (Lipinski definition) is 5. The Morgan fingerprint density at radius 1 is 0.970 bits per heavy atom. The maximum absolute atomic E-state index is 12.1. The van der Waals surface area contributed by atoms with Crippen molar-refractivity contribution >= 4 is 11.7 Å². The molecule has 0 aliphatic rings. The van der Waals surface area contributed by atoms with Gasteiger partial charge in [-0.05, 0) is 73.4 Å². The highest BCUT2D eigenvalue weighted by Crippen LogP contribution is 2.35. The minimum absolute atomic E-state index is 0.227. The highest BCUT2D eigenvalue weighted by Gasteiger charge is 2.25. The third-order valence-electron chi connectivity index (χ3n) is 5.64. The van der Waals surface area contributed by atoms with Gasteiger partial charge in [-0.3, -0.25) is 0 Å². The normalized spacial score (nSPS) is 12.5. The zero-order chi connectivity index (χ0) is 23.8. The molecule has 1 atom stereocenters. The van der Waals surface area contributed by atoms with E-state index in [2.05, 4.69) is 17.0 Å². The minimum Gasteiger partial charge on any atom is -0.513 e. The quantitative estimate of drug-likeness (QED) is 0.317. The Balaban J connectivity index is 2.02. The molecule has 5 heteroatoms. The number of hydrogen-bond donors (Lipinski definition) is 1. The molecule has 0 radical (unpaired) electrons. The van der Waals surface area contributed by atoms with Crippen molar-refractivity contribution < 1.29 is 19.4 Å². The van der Waals surface area contributed by atoms with Gasteiger partial charge in [-0.1, -0.05) is 42.5 Å². The number of nitrogens with zero attached hydrogens (tertiary/aromatic N) is 1. The molecular formula is C28H31NO4. The third-order valence-corrected chi connectivity index (χ3v) is 5.64. The van der Waals surface area contributed by atoms with Crippen LogP contribution in [-0.4, -0.2) is 31.8 Å². The average molecular weight is 446 g/mol. The van der Waals surface area contributed by atoms with E-state index < -0.39 is 0 Å². The van der Waals surface area contributed by atoms with Crippen molar-refractivity contribution in [1.82, 2.24) is 0 Å². The smallest absolute Gasteiger partial charge is 0.338 e. The predicted molar refractivity (Wildman–Crippen MR) is 132 cm³/mol. The topological polar surface area (TPSA) is 59.0 Å². The molecule has 3 aromatic carbocycles. The molecule has 0 saturated heterocycles. The average Bonchev–Trinajstić information content (AvgIpc) is 2.84. The number of carbonyl (C=O) groups is 1. The Bertz CT molecular complexity index is 1070. The van der Waals surface area contributed by atoms with E-state index in [1.165, 1.54) is 0 Å². The SMILES string of the molecule is CCOC(=O)c1ccc(N(C)C(/C(Cc2ccccc2)=C(\C)O)c2ccc(OC)cc2)cc1. The Kier molecular flexibility index (Phi) is 8.14. The van der Waals surface area contributed by atoms with Crippen LogP contribution in [0.4, 0.5) is 5.69 Å². The number of allylic oxidation sites excluding steroid dienone is 1. The van der Waals surface area contributed by atoms with Crippen molar-refractivity contribution in [2.24, 2.45) is 0 Å². The summed E-state index contributed by atoms with van der Waals surface area (Å²) in [7, 11) is 3.63. The van der Waals surface area contributed by atoms with Gasteiger partial charge in [0, 0.05) is 12.7 Å². The molecule has 0 aliphatic heterocycles. The van der Waals surface area contributed by atoms with E-state index in [-0.39, 0.29) is 17.8 Å². The third kappa shape index (κ3) is 5.95. The number of esters is 1. The second kappa shape index (κ2) is 11.2. The molecule has 33 heavy (non-hydrogen) atoms. The fraction of sp³-hybridized carbons (Fsp3) is 0.250. The minimum atomic E-state index is -0.339. The molecule has 0 aliphatic carbocycles. The number of aliphatic hydroxyl groups excluding tert-OH is 1. The Hall–Kier alpha value is -3.73. The van der Waals surface area contributed by atoms with Crippen LogP contribution in [0.5, 0.6) is 5.75 Å². The Morgan fingerprint density at radius 3 is 2.15 bits per heavy atom. The molecule has 1 N–H and O–H groups in total. The van der Waals surface area contributed by atoms with Crippen molar-refractivity contribution in [3.05, 3.63) is 107 Å². The van der Waals surface area contributed by atoms with Gasteiger partial charge in [-0.2, -0.15) is 0 Å². The summed E-state index contributed by atoms with van der Waals surface area (Å²) < 4.78 is 10.4. The van der Waals surface area contributed by atoms with E-state index in [4.69, 9.17) is 9.47 Å². The monoisotopic (exact) mass is 445 g/mol. The van der Waals surface area contributed by atoms with E-state index >= 15 is 0 Å². The number of ether oxygens (including phenoxy) is 2. The molecule has 0 bridgehead atoms. The van der Waals surface area contributed by atoms with Crippen molar-refractivity contribution in [3.8, 4) is 5.75 Å². The number of likely N-dealkylation sites (N-methyl/N-ethyl adjacent to an activating group) is 1. The lowest BCUT2D eigenvalue weighted by Crippen LogP contribution is -2.27. The highest BCUT2D eigenvalue weighted by molar-refractivity contribution is 5.89. The largest absolute Gasteiger partial charge is 0.513 e. The lowest BCUT2D eigenvalue weighted by molar-refractivity contribution is 0.0526. The van der Waals surface area contributed by atoms with Crippen molar-refractivity contribution in [1.29, 1.82) is 0 Å². The molecule has 0 spiro atoms. The number of aliphatic hydroxyl groups is 1. The standard InChI is InChI=1S/C28H31NO4/c1-5-33-28(31)23-11-15-24(16-12-23)29(3)27(22-13-17-25(32-4)18-14-22)26(20(2)30)19-21-9-7-6-8-10-21/h6-18,27,30H,5,19H2,1-4H3/b26-20+. The molecular weight excluding hydrogens is 414 g/mol. The first-order valence-corrected chi connectivity index (χ1v) is 11.0. The van der Waals surface area contributed by atoms with Gasteiger partial charge >= 0.3 is 5.97 Å². The maximum atomic E-state index is 12.1. The summed E-state index contributed by atoms with van der Waals surface area (Å²) in [5.74, 6) is 0.720. The second-order valence-corrected chi connectivity index (χ2v) is 7.83. The van der Waals surface area contributed by atoms with E-state index in [1.807, 2.05) is 61.6 Å². The molecule has 5 nitrogen and oxygen atoms in total. The van der Waals surface area contributed by atoms with Crippen LogP contribution < -0.4 is 9.64 Å². The van der Waals surface area contributed by atoms with Crippen LogP contribution in [0.15, 0.2) is 90.2 Å². The van der Waals surface area contributed by atoms with E-state index in [9.17, 15) is 9.90 Å². The molecule has 1 unspecified atom stereocenters. The van der Waals surface area contributed by atoms with Crippen LogP contribution in [0.2, 0.25) is 0 Å². The van der Waals surface area contributed by atoms with Crippen molar-refractivity contribution in [2.75, 3.05) is 25.7 Å². The summed E-state index contributed by atoms with van der Waals surface area (Å²) in [5.41, 5.74) is 4.45. The number of methoxy groups -OCH3 is 1. The van der Waals surface area contributed by atoms with Crippen molar-refractivity contribution in [3.63, 3.8) is 0 Å². The van der Waals surface area contributed by atoms with Crippen LogP contribution in [0.1, 0.15) is 41.4 Å². The number of anilines is 1. The van der Waals surface area contributed by atoms with Gasteiger partial charge in [0.15, 0.2) is 0 Å². The lowest BCUT2D eigenvalue weighted by atomic mass is 9.91. The summed E-state index contributed by atoms with van der Waals surface area (Å²) in [4.78, 5) is 14.2. The highest BCUT2D eigenvalue weighted by atomic mass is 16.5. The number of rotatable bonds is 9. The summed E-state index contributed by atoms with van der Waals surface area (Å²) >= 11 is 0. The van der Waals surface area contributed by atoms with Crippen molar-refractivity contribution in [2.45, 2.75) is 26.3 Å². The molecule has 0 amide bonds. The molecule has 0 aromatic heterocycles. The summed E-state index contributed by atoms with van der Waals surface area (Å²) in [6.45, 7) is 3.85. The van der Waals surface area contributed by atoms with Gasteiger partial charge in [-0.25, -0.2) is 4.79 Å².